The van der Waals surface area contributed by atoms with E-state index >= 15 is 0 Å². The lowest BCUT2D eigenvalue weighted by Gasteiger charge is -2.33. The summed E-state index contributed by atoms with van der Waals surface area (Å²) in [5, 5.41) is 4.33. The van der Waals surface area contributed by atoms with Crippen molar-refractivity contribution in [3.8, 4) is 5.75 Å². The van der Waals surface area contributed by atoms with Crippen LogP contribution in [-0.4, -0.2) is 44.7 Å². The predicted octanol–water partition coefficient (Wildman–Crippen LogP) is 3.91. The molecule has 1 aliphatic heterocycles. The van der Waals surface area contributed by atoms with Gasteiger partial charge in [0.1, 0.15) is 5.75 Å². The lowest BCUT2D eigenvalue weighted by molar-refractivity contribution is 0.179. The molecule has 1 N–H and O–H groups in total. The highest BCUT2D eigenvalue weighted by atomic mass is 127. The fourth-order valence-corrected chi connectivity index (χ4v) is 3.05. The first-order valence-corrected chi connectivity index (χ1v) is 7.86. The van der Waals surface area contributed by atoms with Crippen molar-refractivity contribution in [3.05, 3.63) is 28.2 Å². The van der Waals surface area contributed by atoms with Gasteiger partial charge in [0.25, 0.3) is 0 Å². The molecule has 0 aromatic heterocycles. The Bertz CT molecular complexity index is 485. The first-order valence-electron chi connectivity index (χ1n) is 7.10. The Hall–Kier alpha value is -0.400. The van der Waals surface area contributed by atoms with Crippen LogP contribution in [0.25, 0.3) is 0 Å². The monoisotopic (exact) mass is 457 g/mol. The van der Waals surface area contributed by atoms with Crippen LogP contribution in [0.3, 0.4) is 0 Å². The highest BCUT2D eigenvalue weighted by molar-refractivity contribution is 14.0. The Morgan fingerprint density at radius 3 is 2.36 bits per heavy atom. The Morgan fingerprint density at radius 2 is 1.86 bits per heavy atom. The van der Waals surface area contributed by atoms with Crippen molar-refractivity contribution in [2.24, 2.45) is 10.9 Å². The maximum atomic E-state index is 5.97. The molecule has 1 aliphatic rings. The topological polar surface area (TPSA) is 36.9 Å². The molecule has 0 saturated carbocycles. The molecule has 4 nitrogen and oxygen atoms in total. The van der Waals surface area contributed by atoms with E-state index in [1.807, 2.05) is 14.1 Å². The molecular weight excluding hydrogens is 436 g/mol. The van der Waals surface area contributed by atoms with E-state index in [0.717, 1.165) is 37.6 Å². The maximum Gasteiger partial charge on any atom is 0.193 e. The molecule has 0 atom stereocenters. The number of nitrogens with zero attached hydrogens (tertiary/aromatic N) is 2. The smallest absolute Gasteiger partial charge is 0.193 e. The van der Waals surface area contributed by atoms with Gasteiger partial charge in [0.15, 0.2) is 5.96 Å². The van der Waals surface area contributed by atoms with Crippen LogP contribution in [0.5, 0.6) is 5.75 Å². The lowest BCUT2D eigenvalue weighted by Crippen LogP contribution is -2.45. The van der Waals surface area contributed by atoms with Crippen molar-refractivity contribution in [2.45, 2.75) is 12.8 Å². The number of aliphatic imine (C=N–C) groups is 1. The standard InChI is InChI=1S/C15H21Cl2N3O.HI/c1-18-15(19-2)20-5-3-11(4-6-20)10-21-14-8-12(16)7-13(17)9-14;/h7-9,11H,3-6,10H2,1-2H3,(H,18,19);1H. The van der Waals surface area contributed by atoms with Gasteiger partial charge in [0, 0.05) is 37.2 Å². The van der Waals surface area contributed by atoms with Gasteiger partial charge in [0.05, 0.1) is 6.61 Å². The maximum absolute atomic E-state index is 5.97. The number of guanidine groups is 1. The van der Waals surface area contributed by atoms with Crippen molar-refractivity contribution in [3.63, 3.8) is 0 Å². The van der Waals surface area contributed by atoms with E-state index in [1.54, 1.807) is 18.2 Å². The van der Waals surface area contributed by atoms with Crippen molar-refractivity contribution in [2.75, 3.05) is 33.8 Å². The van der Waals surface area contributed by atoms with Gasteiger partial charge in [-0.2, -0.15) is 0 Å². The van der Waals surface area contributed by atoms with Gasteiger partial charge in [-0.05, 0) is 37.0 Å². The number of hydrogen-bond donors (Lipinski definition) is 1. The zero-order valence-corrected chi connectivity index (χ0v) is 16.7. The zero-order chi connectivity index (χ0) is 15.2. The van der Waals surface area contributed by atoms with Crippen LogP contribution in [0.1, 0.15) is 12.8 Å². The summed E-state index contributed by atoms with van der Waals surface area (Å²) in [6.07, 6.45) is 2.18. The molecule has 0 amide bonds. The van der Waals surface area contributed by atoms with Crippen LogP contribution in [0.2, 0.25) is 10.0 Å². The van der Waals surface area contributed by atoms with Crippen molar-refractivity contribution < 1.29 is 4.74 Å². The van der Waals surface area contributed by atoms with Crippen LogP contribution >= 0.6 is 47.2 Å². The third-order valence-electron chi connectivity index (χ3n) is 3.67. The minimum absolute atomic E-state index is 0. The number of likely N-dealkylation sites (tertiary alicyclic amines) is 1. The van der Waals surface area contributed by atoms with Gasteiger partial charge in [-0.3, -0.25) is 4.99 Å². The molecule has 2 rings (SSSR count). The summed E-state index contributed by atoms with van der Waals surface area (Å²) < 4.78 is 5.82. The van der Waals surface area contributed by atoms with E-state index in [1.165, 1.54) is 0 Å². The van der Waals surface area contributed by atoms with Crippen LogP contribution in [-0.2, 0) is 0 Å². The molecule has 124 valence electrons. The number of halogens is 3. The summed E-state index contributed by atoms with van der Waals surface area (Å²) >= 11 is 11.9. The molecule has 1 saturated heterocycles. The van der Waals surface area contributed by atoms with Gasteiger partial charge in [-0.15, -0.1) is 24.0 Å². The molecule has 22 heavy (non-hydrogen) atoms. The zero-order valence-electron chi connectivity index (χ0n) is 12.8. The average Bonchev–Trinajstić information content (AvgIpc) is 2.47. The summed E-state index contributed by atoms with van der Waals surface area (Å²) in [5.74, 6) is 2.24. The average molecular weight is 458 g/mol. The predicted molar refractivity (Wildman–Crippen MR) is 104 cm³/mol. The molecular formula is C15H22Cl2IN3O. The normalized spacial score (nSPS) is 16.2. The molecule has 0 bridgehead atoms. The van der Waals surface area contributed by atoms with Crippen molar-refractivity contribution in [1.29, 1.82) is 0 Å². The minimum atomic E-state index is 0. The Balaban J connectivity index is 0.00000242. The fourth-order valence-electron chi connectivity index (χ4n) is 2.55. The summed E-state index contributed by atoms with van der Waals surface area (Å²) in [7, 11) is 3.71. The third-order valence-corrected chi connectivity index (χ3v) is 4.11. The Labute approximate surface area is 159 Å². The van der Waals surface area contributed by atoms with Crippen LogP contribution < -0.4 is 10.1 Å². The van der Waals surface area contributed by atoms with E-state index < -0.39 is 0 Å². The third kappa shape index (κ3) is 5.66. The quantitative estimate of drug-likeness (QED) is 0.424. The van der Waals surface area contributed by atoms with Gasteiger partial charge in [0.2, 0.25) is 0 Å². The lowest BCUT2D eigenvalue weighted by atomic mass is 9.98. The summed E-state index contributed by atoms with van der Waals surface area (Å²) in [6.45, 7) is 2.69. The first-order chi connectivity index (χ1) is 10.1. The van der Waals surface area contributed by atoms with Crippen molar-refractivity contribution in [1.82, 2.24) is 10.2 Å². The highest BCUT2D eigenvalue weighted by Crippen LogP contribution is 2.25. The number of rotatable bonds is 3. The molecule has 0 unspecified atom stereocenters. The summed E-state index contributed by atoms with van der Waals surface area (Å²) in [6, 6.07) is 5.30. The van der Waals surface area contributed by atoms with E-state index in [4.69, 9.17) is 27.9 Å². The highest BCUT2D eigenvalue weighted by Gasteiger charge is 2.21. The minimum Gasteiger partial charge on any atom is -0.493 e. The molecule has 0 spiro atoms. The molecule has 1 aromatic carbocycles. The number of ether oxygens (including phenoxy) is 1. The Morgan fingerprint density at radius 1 is 1.27 bits per heavy atom. The van der Waals surface area contributed by atoms with Gasteiger partial charge in [-0.1, -0.05) is 23.2 Å². The molecule has 1 heterocycles. The van der Waals surface area contributed by atoms with Gasteiger partial charge in [-0.25, -0.2) is 0 Å². The van der Waals surface area contributed by atoms with Gasteiger partial charge < -0.3 is 15.0 Å². The van der Waals surface area contributed by atoms with E-state index in [9.17, 15) is 0 Å². The molecule has 7 heteroatoms. The van der Waals surface area contributed by atoms with E-state index in [2.05, 4.69) is 15.2 Å². The SMILES string of the molecule is CN=C(NC)N1CCC(COc2cc(Cl)cc(Cl)c2)CC1.I. The van der Waals surface area contributed by atoms with E-state index in [-0.39, 0.29) is 24.0 Å². The second-order valence-electron chi connectivity index (χ2n) is 5.14. The van der Waals surface area contributed by atoms with Crippen LogP contribution in [0.15, 0.2) is 23.2 Å². The second kappa shape index (κ2) is 9.67. The molecule has 0 aliphatic carbocycles. The second-order valence-corrected chi connectivity index (χ2v) is 6.02. The molecule has 1 fully saturated rings. The summed E-state index contributed by atoms with van der Waals surface area (Å²) in [4.78, 5) is 6.51. The van der Waals surface area contributed by atoms with Crippen molar-refractivity contribution >= 4 is 53.1 Å². The fraction of sp³-hybridized carbons (Fsp3) is 0.533. The van der Waals surface area contributed by atoms with E-state index in [0.29, 0.717) is 22.6 Å². The number of nitrogens with one attached hydrogen (secondary N) is 1. The van der Waals surface area contributed by atoms with Gasteiger partial charge >= 0.3 is 0 Å². The number of benzene rings is 1. The Kier molecular flexibility index (Phi) is 8.64. The first kappa shape index (κ1) is 19.6. The van der Waals surface area contributed by atoms with Crippen LogP contribution in [0, 0.1) is 5.92 Å². The molecule has 1 aromatic rings. The molecule has 0 radical (unpaired) electrons. The number of piperidine rings is 1. The largest absolute Gasteiger partial charge is 0.493 e. The summed E-state index contributed by atoms with van der Waals surface area (Å²) in [5.41, 5.74) is 0. The van der Waals surface area contributed by atoms with Crippen LogP contribution in [0.4, 0.5) is 0 Å². The number of hydrogen-bond acceptors (Lipinski definition) is 2.